The van der Waals surface area contributed by atoms with Gasteiger partial charge < -0.3 is 14.7 Å². The quantitative estimate of drug-likeness (QED) is 0.537. The number of morpholine rings is 1. The summed E-state index contributed by atoms with van der Waals surface area (Å²) < 4.78 is 31.8. The van der Waals surface area contributed by atoms with Crippen LogP contribution in [0.4, 0.5) is 5.82 Å². The van der Waals surface area contributed by atoms with E-state index in [0.29, 0.717) is 45.2 Å². The number of hydrogen-bond donors (Lipinski definition) is 1. The fraction of sp³-hybridized carbons (Fsp3) is 0.524. The maximum Gasteiger partial charge on any atom is 0.211 e. The summed E-state index contributed by atoms with van der Waals surface area (Å²) in [5.41, 5.74) is 0.926. The van der Waals surface area contributed by atoms with E-state index in [0.717, 1.165) is 45.4 Å². The van der Waals surface area contributed by atoms with E-state index in [-0.39, 0.29) is 6.61 Å². The minimum atomic E-state index is -3.13. The zero-order valence-electron chi connectivity index (χ0n) is 18.4. The summed E-state index contributed by atoms with van der Waals surface area (Å²) in [6.45, 7) is 6.20. The van der Waals surface area contributed by atoms with Crippen LogP contribution in [-0.4, -0.2) is 91.4 Å². The second kappa shape index (κ2) is 9.53. The van der Waals surface area contributed by atoms with Crippen LogP contribution >= 0.6 is 22.7 Å². The van der Waals surface area contributed by atoms with Crippen LogP contribution in [0.3, 0.4) is 0 Å². The monoisotopic (exact) mass is 509 g/mol. The number of aliphatic hydroxyl groups is 1. The molecule has 0 aliphatic carbocycles. The molecule has 0 saturated carbocycles. The van der Waals surface area contributed by atoms with Crippen molar-refractivity contribution in [2.24, 2.45) is 0 Å². The van der Waals surface area contributed by atoms with E-state index in [4.69, 9.17) is 14.7 Å². The van der Waals surface area contributed by atoms with Gasteiger partial charge in [-0.25, -0.2) is 18.4 Å². The molecule has 12 heteroatoms. The molecule has 33 heavy (non-hydrogen) atoms. The van der Waals surface area contributed by atoms with Gasteiger partial charge in [0.15, 0.2) is 11.6 Å². The third kappa shape index (κ3) is 5.06. The first-order chi connectivity index (χ1) is 15.9. The molecule has 0 amide bonds. The average molecular weight is 510 g/mol. The molecule has 3 aromatic heterocycles. The number of fused-ring (bicyclic) bond motifs is 1. The van der Waals surface area contributed by atoms with Crippen molar-refractivity contribution >= 4 is 48.7 Å². The Morgan fingerprint density at radius 3 is 2.45 bits per heavy atom. The number of rotatable bonds is 6. The van der Waals surface area contributed by atoms with Gasteiger partial charge in [0.1, 0.15) is 0 Å². The molecule has 0 spiro atoms. The molecule has 0 bridgehead atoms. The molecule has 2 saturated heterocycles. The first-order valence-electron chi connectivity index (χ1n) is 10.9. The van der Waals surface area contributed by atoms with Crippen molar-refractivity contribution in [3.63, 3.8) is 0 Å². The number of hydrogen-bond acceptors (Lipinski definition) is 10. The molecule has 0 aromatic carbocycles. The van der Waals surface area contributed by atoms with Gasteiger partial charge >= 0.3 is 0 Å². The molecule has 0 radical (unpaired) electrons. The van der Waals surface area contributed by atoms with Gasteiger partial charge in [-0.1, -0.05) is 0 Å². The Labute approximate surface area is 201 Å². The Bertz CT molecular complexity index is 1230. The predicted octanol–water partition coefficient (Wildman–Crippen LogP) is 1.83. The molecule has 9 nitrogen and oxygen atoms in total. The number of nitrogens with zero attached hydrogens (tertiary/aromatic N) is 5. The van der Waals surface area contributed by atoms with Crippen LogP contribution in [0.25, 0.3) is 20.9 Å². The summed E-state index contributed by atoms with van der Waals surface area (Å²) >= 11 is 3.22. The van der Waals surface area contributed by atoms with Crippen molar-refractivity contribution in [1.82, 2.24) is 19.2 Å². The number of aliphatic hydroxyl groups excluding tert-OH is 1. The Kier molecular flexibility index (Phi) is 6.67. The van der Waals surface area contributed by atoms with Gasteiger partial charge in [-0.05, 0) is 18.2 Å². The van der Waals surface area contributed by atoms with Crippen LogP contribution in [0.1, 0.15) is 9.75 Å². The second-order valence-corrected chi connectivity index (χ2v) is 12.5. The third-order valence-electron chi connectivity index (χ3n) is 5.93. The molecule has 5 rings (SSSR count). The van der Waals surface area contributed by atoms with Gasteiger partial charge in [-0.3, -0.25) is 4.90 Å². The highest BCUT2D eigenvalue weighted by Gasteiger charge is 2.25. The third-order valence-corrected chi connectivity index (χ3v) is 9.41. The number of anilines is 1. The Morgan fingerprint density at radius 1 is 1.03 bits per heavy atom. The lowest BCUT2D eigenvalue weighted by atomic mass is 10.3. The van der Waals surface area contributed by atoms with Crippen LogP contribution in [0.5, 0.6) is 0 Å². The Hall–Kier alpha value is -1.67. The SMILES string of the molecule is CS(=O)(=O)N1CCN(Cc2cc3nc(-c4ccc(CO)s4)nc(N4CCOCC4)c3s2)CC1. The zero-order chi connectivity index (χ0) is 23.0. The van der Waals surface area contributed by atoms with Gasteiger partial charge in [0.25, 0.3) is 0 Å². The summed E-state index contributed by atoms with van der Waals surface area (Å²) in [5.74, 6) is 1.62. The molecule has 0 unspecified atom stereocenters. The van der Waals surface area contributed by atoms with E-state index in [1.54, 1.807) is 15.6 Å². The largest absolute Gasteiger partial charge is 0.391 e. The fourth-order valence-corrected chi connectivity index (χ4v) is 6.95. The normalized spacial score (nSPS) is 18.9. The minimum Gasteiger partial charge on any atom is -0.391 e. The molecule has 3 aromatic rings. The highest BCUT2D eigenvalue weighted by atomic mass is 32.2. The van der Waals surface area contributed by atoms with E-state index in [1.807, 2.05) is 12.1 Å². The molecule has 1 N–H and O–H groups in total. The number of ether oxygens (including phenoxy) is 1. The fourth-order valence-electron chi connectivity index (χ4n) is 4.16. The summed E-state index contributed by atoms with van der Waals surface area (Å²) in [6, 6.07) is 6.02. The maximum atomic E-state index is 11.8. The van der Waals surface area contributed by atoms with Gasteiger partial charge in [0.05, 0.1) is 41.2 Å². The lowest BCUT2D eigenvalue weighted by Gasteiger charge is -2.32. The van der Waals surface area contributed by atoms with Gasteiger partial charge in [-0.15, -0.1) is 22.7 Å². The van der Waals surface area contributed by atoms with Crippen molar-refractivity contribution in [2.75, 3.05) is 63.6 Å². The van der Waals surface area contributed by atoms with Gasteiger partial charge in [0, 0.05) is 55.6 Å². The summed E-state index contributed by atoms with van der Waals surface area (Å²) in [6.07, 6.45) is 1.27. The van der Waals surface area contributed by atoms with Crippen LogP contribution in [0.2, 0.25) is 0 Å². The van der Waals surface area contributed by atoms with Crippen LogP contribution in [0.15, 0.2) is 18.2 Å². The minimum absolute atomic E-state index is 0.0123. The van der Waals surface area contributed by atoms with E-state index in [2.05, 4.69) is 15.9 Å². The van der Waals surface area contributed by atoms with E-state index in [9.17, 15) is 13.5 Å². The van der Waals surface area contributed by atoms with Crippen molar-refractivity contribution in [1.29, 1.82) is 0 Å². The van der Waals surface area contributed by atoms with Crippen LogP contribution < -0.4 is 4.90 Å². The van der Waals surface area contributed by atoms with E-state index < -0.39 is 10.0 Å². The van der Waals surface area contributed by atoms with Crippen molar-refractivity contribution in [3.05, 3.63) is 28.0 Å². The smallest absolute Gasteiger partial charge is 0.211 e. The second-order valence-electron chi connectivity index (χ2n) is 8.26. The zero-order valence-corrected chi connectivity index (χ0v) is 20.9. The molecule has 2 aliphatic heterocycles. The standard InChI is InChI=1S/C21H27N5O4S3/c1-33(28,29)26-6-4-24(5-7-26)13-16-12-17-19(32-16)21(25-8-10-30-11-9-25)23-20(22-17)18-3-2-15(14-27)31-18/h2-3,12,27H,4-11,13-14H2,1H3. The van der Waals surface area contributed by atoms with Crippen LogP contribution in [-0.2, 0) is 27.9 Å². The number of aromatic nitrogens is 2. The summed E-state index contributed by atoms with van der Waals surface area (Å²) in [5, 5.41) is 9.46. The highest BCUT2D eigenvalue weighted by Crippen LogP contribution is 2.36. The van der Waals surface area contributed by atoms with Crippen LogP contribution in [0, 0.1) is 0 Å². The molecular formula is C21H27N5O4S3. The molecule has 0 atom stereocenters. The molecular weight excluding hydrogens is 482 g/mol. The van der Waals surface area contributed by atoms with Crippen molar-refractivity contribution in [3.8, 4) is 10.7 Å². The van der Waals surface area contributed by atoms with Gasteiger partial charge in [-0.2, -0.15) is 4.31 Å². The molecule has 178 valence electrons. The molecule has 5 heterocycles. The van der Waals surface area contributed by atoms with Gasteiger partial charge in [0.2, 0.25) is 10.0 Å². The molecule has 2 fully saturated rings. The maximum absolute atomic E-state index is 11.8. The predicted molar refractivity (Wildman–Crippen MR) is 131 cm³/mol. The lowest BCUT2D eigenvalue weighted by molar-refractivity contribution is 0.122. The number of piperazine rings is 1. The van der Waals surface area contributed by atoms with E-state index in [1.165, 1.54) is 22.5 Å². The van der Waals surface area contributed by atoms with E-state index >= 15 is 0 Å². The average Bonchev–Trinajstić information content (AvgIpc) is 3.45. The van der Waals surface area contributed by atoms with Crippen molar-refractivity contribution in [2.45, 2.75) is 13.2 Å². The topological polar surface area (TPSA) is 99.1 Å². The summed E-state index contributed by atoms with van der Waals surface area (Å²) in [4.78, 5) is 17.4. The molecule has 2 aliphatic rings. The number of thiophene rings is 2. The first-order valence-corrected chi connectivity index (χ1v) is 14.4. The number of sulfonamides is 1. The lowest BCUT2D eigenvalue weighted by Crippen LogP contribution is -2.47. The Morgan fingerprint density at radius 2 is 1.79 bits per heavy atom. The highest BCUT2D eigenvalue weighted by molar-refractivity contribution is 7.88. The van der Waals surface area contributed by atoms with Crippen molar-refractivity contribution < 1.29 is 18.3 Å². The Balaban J connectivity index is 1.44. The summed E-state index contributed by atoms with van der Waals surface area (Å²) in [7, 11) is -3.13. The first kappa shape index (κ1) is 23.1.